The Hall–Kier alpha value is -1.40. The van der Waals surface area contributed by atoms with Gasteiger partial charge in [-0.2, -0.15) is 0 Å². The first-order valence-corrected chi connectivity index (χ1v) is 8.77. The van der Waals surface area contributed by atoms with Crippen molar-refractivity contribution in [3.8, 4) is 5.88 Å². The lowest BCUT2D eigenvalue weighted by atomic mass is 9.88. The molecule has 3 atom stereocenters. The number of hydrogen-bond acceptors (Lipinski definition) is 6. The molecule has 0 N–H and O–H groups in total. The number of aromatic nitrogens is 2. The maximum Gasteiger partial charge on any atom is 0.218 e. The maximum atomic E-state index is 5.80. The average Bonchev–Trinajstić information content (AvgIpc) is 3.24. The van der Waals surface area contributed by atoms with Crippen molar-refractivity contribution in [1.82, 2.24) is 14.9 Å². The topological polar surface area (TPSA) is 50.7 Å². The van der Waals surface area contributed by atoms with E-state index in [-0.39, 0.29) is 0 Å². The fourth-order valence-corrected chi connectivity index (χ4v) is 4.29. The molecule has 6 nitrogen and oxygen atoms in total. The maximum absolute atomic E-state index is 5.80. The number of ether oxygens (including phenoxy) is 2. The van der Waals surface area contributed by atoms with Gasteiger partial charge in [0.1, 0.15) is 12.1 Å². The highest BCUT2D eigenvalue weighted by Gasteiger charge is 2.38. The lowest BCUT2D eigenvalue weighted by Gasteiger charge is -2.35. The van der Waals surface area contributed by atoms with Crippen LogP contribution in [0, 0.1) is 11.8 Å². The third-order valence-electron chi connectivity index (χ3n) is 5.53. The molecule has 3 aliphatic rings. The average molecular weight is 318 g/mol. The molecule has 0 bridgehead atoms. The molecule has 0 aromatic carbocycles. The zero-order valence-corrected chi connectivity index (χ0v) is 13.9. The van der Waals surface area contributed by atoms with Gasteiger partial charge >= 0.3 is 0 Å². The van der Waals surface area contributed by atoms with Gasteiger partial charge in [0.2, 0.25) is 5.88 Å². The van der Waals surface area contributed by atoms with Crippen molar-refractivity contribution in [3.63, 3.8) is 0 Å². The summed E-state index contributed by atoms with van der Waals surface area (Å²) < 4.78 is 11.0. The highest BCUT2D eigenvalue weighted by molar-refractivity contribution is 5.42. The molecule has 4 rings (SSSR count). The van der Waals surface area contributed by atoms with Crippen molar-refractivity contribution in [2.75, 3.05) is 51.3 Å². The minimum absolute atomic E-state index is 0.468. The van der Waals surface area contributed by atoms with Crippen LogP contribution in [0.25, 0.3) is 0 Å². The molecule has 1 aromatic heterocycles. The third kappa shape index (κ3) is 3.28. The van der Waals surface area contributed by atoms with Gasteiger partial charge in [-0.05, 0) is 37.6 Å². The molecule has 1 aromatic rings. The van der Waals surface area contributed by atoms with E-state index in [1.54, 1.807) is 13.4 Å². The van der Waals surface area contributed by atoms with Crippen LogP contribution < -0.4 is 9.64 Å². The van der Waals surface area contributed by atoms with Gasteiger partial charge in [0.15, 0.2) is 0 Å². The molecule has 0 amide bonds. The van der Waals surface area contributed by atoms with E-state index in [1.807, 2.05) is 6.07 Å². The van der Waals surface area contributed by atoms with Crippen molar-refractivity contribution in [3.05, 3.63) is 12.4 Å². The summed E-state index contributed by atoms with van der Waals surface area (Å²) in [6.07, 6.45) is 5.82. The lowest BCUT2D eigenvalue weighted by molar-refractivity contribution is 0.0508. The minimum atomic E-state index is 0.468. The van der Waals surface area contributed by atoms with Crippen LogP contribution >= 0.6 is 0 Å². The number of anilines is 1. The molecule has 0 spiro atoms. The van der Waals surface area contributed by atoms with Gasteiger partial charge in [-0.25, -0.2) is 9.97 Å². The monoisotopic (exact) mass is 318 g/mol. The second-order valence-electron chi connectivity index (χ2n) is 7.03. The van der Waals surface area contributed by atoms with Gasteiger partial charge in [-0.1, -0.05) is 0 Å². The van der Waals surface area contributed by atoms with Crippen LogP contribution in [-0.4, -0.2) is 67.4 Å². The smallest absolute Gasteiger partial charge is 0.218 e. The number of hydrogen-bond donors (Lipinski definition) is 0. The predicted octanol–water partition coefficient (Wildman–Crippen LogP) is 1.42. The second-order valence-corrected chi connectivity index (χ2v) is 7.03. The Morgan fingerprint density at radius 1 is 1.22 bits per heavy atom. The van der Waals surface area contributed by atoms with Crippen molar-refractivity contribution in [1.29, 1.82) is 0 Å². The molecular formula is C17H26N4O2. The van der Waals surface area contributed by atoms with Gasteiger partial charge in [0.05, 0.1) is 13.2 Å². The molecule has 6 heteroatoms. The summed E-state index contributed by atoms with van der Waals surface area (Å²) in [4.78, 5) is 13.5. The number of methoxy groups -OCH3 is 1. The largest absolute Gasteiger partial charge is 0.481 e. The van der Waals surface area contributed by atoms with Crippen LogP contribution in [0.3, 0.4) is 0 Å². The highest BCUT2D eigenvalue weighted by Crippen LogP contribution is 2.34. The summed E-state index contributed by atoms with van der Waals surface area (Å²) in [5.74, 6) is 3.17. The number of piperidine rings is 1. The molecule has 126 valence electrons. The van der Waals surface area contributed by atoms with Crippen LogP contribution in [0.1, 0.15) is 19.3 Å². The Balaban J connectivity index is 1.37. The van der Waals surface area contributed by atoms with E-state index in [4.69, 9.17) is 9.47 Å². The summed E-state index contributed by atoms with van der Waals surface area (Å²) in [5, 5.41) is 0. The summed E-state index contributed by atoms with van der Waals surface area (Å²) in [7, 11) is 1.65. The molecule has 23 heavy (non-hydrogen) atoms. The van der Waals surface area contributed by atoms with E-state index in [9.17, 15) is 0 Å². The molecule has 0 saturated carbocycles. The summed E-state index contributed by atoms with van der Waals surface area (Å²) in [5.41, 5.74) is 0. The van der Waals surface area contributed by atoms with E-state index in [1.165, 1.54) is 32.4 Å². The number of nitrogens with zero attached hydrogens (tertiary/aromatic N) is 4. The third-order valence-corrected chi connectivity index (χ3v) is 5.53. The summed E-state index contributed by atoms with van der Waals surface area (Å²) >= 11 is 0. The van der Waals surface area contributed by atoms with Crippen LogP contribution in [0.5, 0.6) is 5.88 Å². The van der Waals surface area contributed by atoms with Crippen LogP contribution in [0.15, 0.2) is 12.4 Å². The molecule has 3 saturated heterocycles. The first-order valence-electron chi connectivity index (χ1n) is 8.77. The Kier molecular flexibility index (Phi) is 4.35. The Bertz CT molecular complexity index is 535. The summed E-state index contributed by atoms with van der Waals surface area (Å²) in [6, 6.07) is 1.95. The fourth-order valence-electron chi connectivity index (χ4n) is 4.29. The van der Waals surface area contributed by atoms with Crippen molar-refractivity contribution < 1.29 is 9.47 Å². The van der Waals surface area contributed by atoms with E-state index < -0.39 is 0 Å². The molecule has 1 unspecified atom stereocenters. The molecule has 3 aliphatic heterocycles. The molecular weight excluding hydrogens is 292 g/mol. The van der Waals surface area contributed by atoms with Crippen molar-refractivity contribution >= 4 is 5.82 Å². The fraction of sp³-hybridized carbons (Fsp3) is 0.765. The normalized spacial score (nSPS) is 31.3. The zero-order chi connectivity index (χ0) is 15.6. The highest BCUT2D eigenvalue weighted by atomic mass is 16.5. The van der Waals surface area contributed by atoms with E-state index in [0.717, 1.165) is 43.9 Å². The van der Waals surface area contributed by atoms with Crippen LogP contribution in [0.4, 0.5) is 5.82 Å². The molecule has 3 fully saturated rings. The van der Waals surface area contributed by atoms with E-state index in [2.05, 4.69) is 19.8 Å². The second kappa shape index (κ2) is 6.61. The predicted molar refractivity (Wildman–Crippen MR) is 87.8 cm³/mol. The quantitative estimate of drug-likeness (QED) is 0.837. The van der Waals surface area contributed by atoms with E-state index in [0.29, 0.717) is 12.0 Å². The van der Waals surface area contributed by atoms with Gasteiger partial charge in [0.25, 0.3) is 0 Å². The molecule has 0 aliphatic carbocycles. The SMILES string of the molecule is COc1cc(N2C[C@H]3CCN(CC4CCCO4)C[C@H]3C2)ncn1. The van der Waals surface area contributed by atoms with E-state index >= 15 is 0 Å². The van der Waals surface area contributed by atoms with Gasteiger partial charge in [-0.15, -0.1) is 0 Å². The first-order chi connectivity index (χ1) is 11.3. The number of rotatable bonds is 4. The van der Waals surface area contributed by atoms with Gasteiger partial charge in [-0.3, -0.25) is 0 Å². The van der Waals surface area contributed by atoms with Crippen molar-refractivity contribution in [2.24, 2.45) is 11.8 Å². The van der Waals surface area contributed by atoms with Gasteiger partial charge < -0.3 is 19.3 Å². The molecule has 4 heterocycles. The van der Waals surface area contributed by atoms with Crippen LogP contribution in [-0.2, 0) is 4.74 Å². The van der Waals surface area contributed by atoms with Crippen molar-refractivity contribution in [2.45, 2.75) is 25.4 Å². The Morgan fingerprint density at radius 2 is 2.13 bits per heavy atom. The zero-order valence-electron chi connectivity index (χ0n) is 13.9. The molecule has 0 radical (unpaired) electrons. The Labute approximate surface area is 137 Å². The lowest BCUT2D eigenvalue weighted by Crippen LogP contribution is -2.43. The van der Waals surface area contributed by atoms with Gasteiger partial charge in [0, 0.05) is 38.9 Å². The first kappa shape index (κ1) is 15.1. The van der Waals surface area contributed by atoms with Crippen LogP contribution in [0.2, 0.25) is 0 Å². The summed E-state index contributed by atoms with van der Waals surface area (Å²) in [6.45, 7) is 6.68. The Morgan fingerprint density at radius 3 is 2.96 bits per heavy atom. The number of likely N-dealkylation sites (tertiary alicyclic amines) is 1. The standard InChI is InChI=1S/C17H26N4O2/c1-22-17-7-16(18-12-19-17)21-9-13-4-5-20(8-14(13)10-21)11-15-3-2-6-23-15/h7,12-15H,2-6,8-11H2,1H3/t13-,14+,15?/m1/s1. The number of fused-ring (bicyclic) bond motifs is 1. The minimum Gasteiger partial charge on any atom is -0.481 e.